The van der Waals surface area contributed by atoms with Crippen LogP contribution in [0.1, 0.15) is 50.7 Å². The largest absolute Gasteiger partial charge is 0 e. The Morgan fingerprint density at radius 3 is 2.12 bits per heavy atom. The summed E-state index contributed by atoms with van der Waals surface area (Å²) in [6.07, 6.45) is 3.95. The summed E-state index contributed by atoms with van der Waals surface area (Å²) < 4.78 is 8.06. The zero-order chi connectivity index (χ0) is 35.7. The van der Waals surface area contributed by atoms with Gasteiger partial charge in [-0.3, -0.25) is 0 Å². The quantitative estimate of drug-likeness (QED) is 0.123. The molecule has 1 radical (unpaired) electrons. The summed E-state index contributed by atoms with van der Waals surface area (Å²) in [4.78, 5) is 9.36. The molecule has 3 heterocycles. The van der Waals surface area contributed by atoms with Crippen LogP contribution in [0.3, 0.4) is 0 Å². The Bertz CT molecular complexity index is 2450. The molecule has 8 rings (SSSR count). The van der Waals surface area contributed by atoms with Crippen molar-refractivity contribution in [3.63, 3.8) is 0 Å². The van der Waals surface area contributed by atoms with E-state index in [1.54, 1.807) is 0 Å². The van der Waals surface area contributed by atoms with Gasteiger partial charge in [-0.25, -0.2) is 0 Å². The fraction of sp³-hybridized carbons (Fsp3) is 0.191. The Kier molecular flexibility index (Phi) is 11.3. The summed E-state index contributed by atoms with van der Waals surface area (Å²) in [6.45, 7) is 8.82. The molecule has 5 heteroatoms. The van der Waals surface area contributed by atoms with Crippen LogP contribution in [0, 0.1) is 12.1 Å². The van der Waals surface area contributed by atoms with Crippen LogP contribution in [0.4, 0.5) is 0 Å². The number of hydrogen-bond acceptors (Lipinski definition) is 3. The molecule has 3 nitrogen and oxygen atoms in total. The van der Waals surface area contributed by atoms with E-state index >= 15 is 0 Å². The monoisotopic (exact) mass is 919 g/mol. The first-order valence-corrected chi connectivity index (χ1v) is 25.2. The molecule has 0 bridgehead atoms. The molecule has 8 aromatic rings. The second kappa shape index (κ2) is 15.7. The van der Waals surface area contributed by atoms with Crippen LogP contribution in [0.5, 0.6) is 0 Å². The van der Waals surface area contributed by atoms with Crippen LogP contribution in [-0.2, 0) is 20.1 Å². The molecule has 0 saturated carbocycles. The van der Waals surface area contributed by atoms with Gasteiger partial charge in [0.05, 0.1) is 5.58 Å². The summed E-state index contributed by atoms with van der Waals surface area (Å²) in [5.41, 5.74) is 10.5. The Balaban J connectivity index is 0.000000192. The van der Waals surface area contributed by atoms with Crippen molar-refractivity contribution in [1.82, 2.24) is 9.97 Å². The summed E-state index contributed by atoms with van der Waals surface area (Å²) >= 11 is -1.78. The molecule has 0 saturated heterocycles. The van der Waals surface area contributed by atoms with Crippen molar-refractivity contribution in [2.75, 3.05) is 0 Å². The molecule has 0 N–H and O–H groups in total. The van der Waals surface area contributed by atoms with Crippen molar-refractivity contribution in [3.05, 3.63) is 151 Å². The van der Waals surface area contributed by atoms with Crippen molar-refractivity contribution in [1.29, 1.82) is 0 Å². The maximum absolute atomic E-state index is 6.62. The van der Waals surface area contributed by atoms with Gasteiger partial charge in [-0.1, -0.05) is 105 Å². The van der Waals surface area contributed by atoms with E-state index in [4.69, 9.17) is 4.42 Å². The summed E-state index contributed by atoms with van der Waals surface area (Å²) in [5, 5.41) is 4.73. The third-order valence-electron chi connectivity index (χ3n) is 9.62. The van der Waals surface area contributed by atoms with E-state index in [1.807, 2.05) is 18.3 Å². The Labute approximate surface area is 324 Å². The number of fused-ring (bicyclic) bond motifs is 4. The van der Waals surface area contributed by atoms with Gasteiger partial charge in [0.1, 0.15) is 5.58 Å². The van der Waals surface area contributed by atoms with Gasteiger partial charge < -0.3 is 9.40 Å². The molecule has 0 amide bonds. The van der Waals surface area contributed by atoms with E-state index in [0.29, 0.717) is 11.8 Å². The summed E-state index contributed by atoms with van der Waals surface area (Å²) in [7, 11) is 0. The number of pyridine rings is 2. The van der Waals surface area contributed by atoms with E-state index < -0.39 is 13.3 Å². The van der Waals surface area contributed by atoms with Crippen LogP contribution >= 0.6 is 0 Å². The predicted molar refractivity (Wildman–Crippen MR) is 218 cm³/mol. The Morgan fingerprint density at radius 1 is 0.654 bits per heavy atom. The van der Waals surface area contributed by atoms with Gasteiger partial charge in [-0.05, 0) is 34.5 Å². The maximum atomic E-state index is 6.62. The van der Waals surface area contributed by atoms with Gasteiger partial charge >= 0.3 is 123 Å². The Morgan fingerprint density at radius 2 is 1.40 bits per heavy atom. The van der Waals surface area contributed by atoms with E-state index in [9.17, 15) is 0 Å². The zero-order valence-corrected chi connectivity index (χ0v) is 35.4. The minimum absolute atomic E-state index is 0. The second-order valence-electron chi connectivity index (χ2n) is 14.9. The number of aromatic nitrogens is 2. The molecule has 263 valence electrons. The molecule has 52 heavy (non-hydrogen) atoms. The topological polar surface area (TPSA) is 38.9 Å². The fourth-order valence-electron chi connectivity index (χ4n) is 6.66. The number of rotatable bonds is 6. The van der Waals surface area contributed by atoms with Gasteiger partial charge in [-0.2, -0.15) is 0 Å². The normalized spacial score (nSPS) is 11.6. The van der Waals surface area contributed by atoms with Crippen LogP contribution in [0.25, 0.3) is 66.4 Å². The van der Waals surface area contributed by atoms with E-state index in [1.165, 1.54) is 26.3 Å². The second-order valence-corrected chi connectivity index (χ2v) is 25.5. The molecular formula is C47H44GeIrN2O-2. The third kappa shape index (κ3) is 7.57. The zero-order valence-electron chi connectivity index (χ0n) is 30.9. The minimum atomic E-state index is -1.78. The van der Waals surface area contributed by atoms with Crippen molar-refractivity contribution in [2.24, 2.45) is 0 Å². The average molecular weight is 918 g/mol. The molecule has 3 aromatic heterocycles. The Hall–Kier alpha value is -4.35. The molecule has 0 atom stereocenters. The van der Waals surface area contributed by atoms with Gasteiger partial charge in [0.15, 0.2) is 0 Å². The number of benzene rings is 5. The van der Waals surface area contributed by atoms with Crippen molar-refractivity contribution in [3.8, 4) is 33.6 Å². The first kappa shape index (κ1) is 37.4. The first-order chi connectivity index (χ1) is 24.6. The van der Waals surface area contributed by atoms with Crippen molar-refractivity contribution in [2.45, 2.75) is 56.8 Å². The fourth-order valence-corrected chi connectivity index (χ4v) is 8.83. The molecule has 0 aliphatic heterocycles. The van der Waals surface area contributed by atoms with Crippen LogP contribution < -0.4 is 4.40 Å². The van der Waals surface area contributed by atoms with Crippen LogP contribution in [0.15, 0.2) is 132 Å². The van der Waals surface area contributed by atoms with Crippen LogP contribution in [-0.4, -0.2) is 23.2 Å². The van der Waals surface area contributed by atoms with Crippen molar-refractivity contribution < 1.29 is 24.5 Å². The van der Waals surface area contributed by atoms with E-state index in [-0.39, 0.29) is 20.1 Å². The summed E-state index contributed by atoms with van der Waals surface area (Å²) in [5.74, 6) is 7.98. The smallest absolute Gasteiger partial charge is 0 e. The predicted octanol–water partition coefficient (Wildman–Crippen LogP) is 12.6. The number of furan rings is 1. The molecule has 0 spiro atoms. The van der Waals surface area contributed by atoms with Gasteiger partial charge in [0.2, 0.25) is 0 Å². The van der Waals surface area contributed by atoms with Crippen LogP contribution in [0.2, 0.25) is 17.3 Å². The maximum Gasteiger partial charge on any atom is 0 e. The summed E-state index contributed by atoms with van der Waals surface area (Å²) in [6, 6.07) is 47.0. The molecule has 5 aromatic carbocycles. The molecule has 0 aliphatic rings. The minimum Gasteiger partial charge on any atom is 0 e. The van der Waals surface area contributed by atoms with E-state index in [2.05, 4.69) is 176 Å². The number of hydrogen-bond donors (Lipinski definition) is 0. The standard InChI is InChI=1S/C29H26NO.C18H18GeN.Ir/c1-18(2)21-15-16-30-26(17-21)24-14-13-23(20-9-6-5-7-10-20)27-25-12-8-11-22(19(3)4)28(25)31-29(24)27;1-19(2,3)15-11-12-18(20-13-15)17-10-6-8-14-7-4-5-9-16(14)17;/h5-13,15-19H,1-4H3;4-9,11-13H,1-3H3;/q2*-1;. The molecule has 0 aliphatic carbocycles. The number of nitrogens with zero attached hydrogens (tertiary/aromatic N) is 2. The first-order valence-electron chi connectivity index (χ1n) is 17.9. The average Bonchev–Trinajstić information content (AvgIpc) is 3.54. The molecular weight excluding hydrogens is 873 g/mol. The van der Waals surface area contributed by atoms with E-state index in [0.717, 1.165) is 55.6 Å². The third-order valence-corrected chi connectivity index (χ3v) is 13.9. The van der Waals surface area contributed by atoms with Gasteiger partial charge in [0.25, 0.3) is 0 Å². The van der Waals surface area contributed by atoms with Gasteiger partial charge in [0, 0.05) is 31.7 Å². The van der Waals surface area contributed by atoms with Crippen molar-refractivity contribution >= 4 is 50.4 Å². The molecule has 0 fully saturated rings. The van der Waals surface area contributed by atoms with Gasteiger partial charge in [-0.15, -0.1) is 12.1 Å². The molecule has 0 unspecified atom stereocenters. The number of para-hydroxylation sites is 1. The SMILES string of the molecule is CC(C)c1ccnc(-c2[c-]cc(-c3ccccc3)c3c2oc2c(C(C)C)cccc23)c1.[CH3][Ge]([CH3])([CH3])[c]1ccc(-c2[c-]ccc3ccccc23)nc1.[Ir].